The number of nitrogens with zero attached hydrogens (tertiary/aromatic N) is 3. The van der Waals surface area contributed by atoms with Gasteiger partial charge < -0.3 is 5.11 Å². The van der Waals surface area contributed by atoms with E-state index in [1.807, 2.05) is 16.4 Å². The first-order chi connectivity index (χ1) is 5.91. The predicted octanol–water partition coefficient (Wildman–Crippen LogP) is -0.108. The van der Waals surface area contributed by atoms with Crippen LogP contribution in [-0.2, 0) is 4.79 Å². The number of rotatable bonds is 6. The summed E-state index contributed by atoms with van der Waals surface area (Å²) < 4.78 is 5.48. The molecule has 0 aromatic heterocycles. The SMILES string of the molecule is CN(P)CN(P)CN(P)CC(=O)O. The van der Waals surface area contributed by atoms with Crippen molar-refractivity contribution in [3.63, 3.8) is 0 Å². The summed E-state index contributed by atoms with van der Waals surface area (Å²) in [6.07, 6.45) is 0. The molecular formula is C5H16N3O2P3. The average molecular weight is 243 g/mol. The number of carbonyl (C=O) groups is 1. The Hall–Kier alpha value is 0.640. The summed E-state index contributed by atoms with van der Waals surface area (Å²) in [5.74, 6) is -0.826. The summed E-state index contributed by atoms with van der Waals surface area (Å²) in [6.45, 7) is 1.33. The van der Waals surface area contributed by atoms with Crippen LogP contribution in [0.5, 0.6) is 0 Å². The Morgan fingerprint density at radius 1 is 1.23 bits per heavy atom. The molecule has 0 spiro atoms. The Bertz CT molecular complexity index is 169. The van der Waals surface area contributed by atoms with Gasteiger partial charge in [-0.25, -0.2) is 0 Å². The fourth-order valence-corrected chi connectivity index (χ4v) is 2.21. The zero-order chi connectivity index (χ0) is 10.4. The minimum absolute atomic E-state index is 0.0239. The topological polar surface area (TPSA) is 47.0 Å². The molecule has 0 rings (SSSR count). The zero-order valence-electron chi connectivity index (χ0n) is 7.55. The Labute approximate surface area is 85.6 Å². The third-order valence-electron chi connectivity index (χ3n) is 1.11. The molecule has 0 aliphatic heterocycles. The van der Waals surface area contributed by atoms with Crippen molar-refractivity contribution in [2.24, 2.45) is 0 Å². The van der Waals surface area contributed by atoms with Crippen LogP contribution in [0.25, 0.3) is 0 Å². The van der Waals surface area contributed by atoms with E-state index in [1.165, 1.54) is 0 Å². The lowest BCUT2D eigenvalue weighted by molar-refractivity contribution is -0.137. The third-order valence-corrected chi connectivity index (χ3v) is 1.94. The molecule has 78 valence electrons. The van der Waals surface area contributed by atoms with Gasteiger partial charge in [0, 0.05) is 0 Å². The van der Waals surface area contributed by atoms with Gasteiger partial charge in [0.25, 0.3) is 0 Å². The van der Waals surface area contributed by atoms with Gasteiger partial charge >= 0.3 is 5.97 Å². The quantitative estimate of drug-likeness (QED) is 0.521. The molecule has 8 heteroatoms. The van der Waals surface area contributed by atoms with Crippen LogP contribution in [0, 0.1) is 0 Å². The highest BCUT2D eigenvalue weighted by molar-refractivity contribution is 7.14. The molecule has 0 fully saturated rings. The molecule has 13 heavy (non-hydrogen) atoms. The van der Waals surface area contributed by atoms with Gasteiger partial charge in [-0.2, -0.15) is 0 Å². The van der Waals surface area contributed by atoms with Crippen LogP contribution in [0.15, 0.2) is 0 Å². The van der Waals surface area contributed by atoms with Crippen molar-refractivity contribution in [3.05, 3.63) is 0 Å². The summed E-state index contributed by atoms with van der Waals surface area (Å²) in [6, 6.07) is 0. The number of carboxylic acids is 1. The van der Waals surface area contributed by atoms with Gasteiger partial charge in [0.2, 0.25) is 0 Å². The molecule has 0 bridgehead atoms. The van der Waals surface area contributed by atoms with Gasteiger partial charge in [-0.1, -0.05) is 28.2 Å². The van der Waals surface area contributed by atoms with Crippen LogP contribution < -0.4 is 0 Å². The Morgan fingerprint density at radius 3 is 2.15 bits per heavy atom. The molecule has 0 aliphatic carbocycles. The summed E-state index contributed by atoms with van der Waals surface area (Å²) in [7, 11) is 9.38. The van der Waals surface area contributed by atoms with E-state index in [-0.39, 0.29) is 6.54 Å². The lowest BCUT2D eigenvalue weighted by Crippen LogP contribution is -2.32. The van der Waals surface area contributed by atoms with Gasteiger partial charge in [-0.05, 0) is 7.05 Å². The average Bonchev–Trinajstić information content (AvgIpc) is 1.80. The largest absolute Gasteiger partial charge is 0.480 e. The fraction of sp³-hybridized carbons (Fsp3) is 0.800. The minimum atomic E-state index is -0.826. The highest BCUT2D eigenvalue weighted by atomic mass is 31.0. The molecule has 0 saturated heterocycles. The maximum absolute atomic E-state index is 10.3. The van der Waals surface area contributed by atoms with E-state index in [4.69, 9.17) is 5.11 Å². The van der Waals surface area contributed by atoms with Crippen molar-refractivity contribution in [2.75, 3.05) is 26.9 Å². The molecule has 0 saturated carbocycles. The van der Waals surface area contributed by atoms with Crippen LogP contribution in [0.4, 0.5) is 0 Å². The molecule has 0 amide bonds. The van der Waals surface area contributed by atoms with Crippen molar-refractivity contribution < 1.29 is 9.90 Å². The second-order valence-electron chi connectivity index (χ2n) is 2.77. The van der Waals surface area contributed by atoms with Gasteiger partial charge in [-0.3, -0.25) is 18.8 Å². The smallest absolute Gasteiger partial charge is 0.318 e. The van der Waals surface area contributed by atoms with Crippen molar-refractivity contribution in [3.8, 4) is 0 Å². The summed E-state index contributed by atoms with van der Waals surface area (Å²) >= 11 is 0. The lowest BCUT2D eigenvalue weighted by Gasteiger charge is -2.24. The normalized spacial score (nSPS) is 11.6. The molecule has 0 aromatic carbocycles. The first-order valence-electron chi connectivity index (χ1n) is 3.58. The molecule has 0 aromatic rings. The molecule has 0 aliphatic rings. The second-order valence-corrected chi connectivity index (χ2v) is 5.11. The standard InChI is InChI=1S/C5H16N3O2P3/c1-6(11)3-8(13)4-7(12)2-5(9)10/h2-4,11-13H2,1H3,(H,9,10). The van der Waals surface area contributed by atoms with Gasteiger partial charge in [-0.15, -0.1) is 0 Å². The Morgan fingerprint density at radius 2 is 1.77 bits per heavy atom. The summed E-state index contributed by atoms with van der Waals surface area (Å²) in [5.41, 5.74) is 0. The fourth-order valence-electron chi connectivity index (χ4n) is 0.788. The van der Waals surface area contributed by atoms with E-state index in [0.29, 0.717) is 6.67 Å². The van der Waals surface area contributed by atoms with E-state index in [0.717, 1.165) is 6.67 Å². The third kappa shape index (κ3) is 8.96. The van der Waals surface area contributed by atoms with Crippen LogP contribution in [0.2, 0.25) is 0 Å². The van der Waals surface area contributed by atoms with E-state index < -0.39 is 5.97 Å². The van der Waals surface area contributed by atoms with Gasteiger partial charge in [0.15, 0.2) is 0 Å². The first kappa shape index (κ1) is 13.6. The molecule has 3 atom stereocenters. The summed E-state index contributed by atoms with van der Waals surface area (Å²) in [4.78, 5) is 10.3. The van der Waals surface area contributed by atoms with Gasteiger partial charge in [0.1, 0.15) is 6.54 Å². The highest BCUT2D eigenvalue weighted by Gasteiger charge is 2.07. The number of aliphatic carboxylic acids is 1. The van der Waals surface area contributed by atoms with E-state index in [9.17, 15) is 4.79 Å². The van der Waals surface area contributed by atoms with Crippen molar-refractivity contribution >= 4 is 34.1 Å². The minimum Gasteiger partial charge on any atom is -0.480 e. The monoisotopic (exact) mass is 243 g/mol. The second kappa shape index (κ2) is 7.00. The number of hydrogen-bond acceptors (Lipinski definition) is 4. The van der Waals surface area contributed by atoms with E-state index in [1.54, 1.807) is 4.67 Å². The highest BCUT2D eigenvalue weighted by Crippen LogP contribution is 2.07. The molecule has 0 radical (unpaired) electrons. The van der Waals surface area contributed by atoms with E-state index >= 15 is 0 Å². The van der Waals surface area contributed by atoms with Crippen molar-refractivity contribution in [1.82, 2.24) is 14.0 Å². The van der Waals surface area contributed by atoms with Crippen molar-refractivity contribution in [1.29, 1.82) is 0 Å². The number of carboxylic acid groups (broad SMARTS) is 1. The summed E-state index contributed by atoms with van der Waals surface area (Å²) in [5, 5.41) is 8.48. The molecule has 3 unspecified atom stereocenters. The van der Waals surface area contributed by atoms with E-state index in [2.05, 4.69) is 28.2 Å². The lowest BCUT2D eigenvalue weighted by atomic mass is 10.6. The van der Waals surface area contributed by atoms with Crippen LogP contribution >= 0.6 is 28.2 Å². The first-order valence-corrected chi connectivity index (χ1v) is 5.13. The molecular weight excluding hydrogens is 227 g/mol. The molecule has 0 heterocycles. The molecule has 5 nitrogen and oxygen atoms in total. The predicted molar refractivity (Wildman–Crippen MR) is 62.8 cm³/mol. The maximum Gasteiger partial charge on any atom is 0.318 e. The van der Waals surface area contributed by atoms with Gasteiger partial charge in [0.05, 0.1) is 13.3 Å². The molecule has 1 N–H and O–H groups in total. The van der Waals surface area contributed by atoms with Crippen LogP contribution in [0.3, 0.4) is 0 Å². The Balaban J connectivity index is 3.64. The number of hydrogen-bond donors (Lipinski definition) is 1. The zero-order valence-corrected chi connectivity index (χ0v) is 11.0. The van der Waals surface area contributed by atoms with Crippen LogP contribution in [-0.4, -0.2) is 52.0 Å². The Kier molecular flexibility index (Phi) is 7.35. The maximum atomic E-state index is 10.3. The van der Waals surface area contributed by atoms with Crippen molar-refractivity contribution in [2.45, 2.75) is 0 Å². The van der Waals surface area contributed by atoms with Crippen LogP contribution in [0.1, 0.15) is 0 Å².